The number of fused-ring (bicyclic) bond motifs is 6. The molecule has 0 unspecified atom stereocenters. The predicted octanol–water partition coefficient (Wildman–Crippen LogP) is 3.85. The molecule has 0 saturated carbocycles. The second-order valence-electron chi connectivity index (χ2n) is 8.01. The first-order chi connectivity index (χ1) is 16.4. The van der Waals surface area contributed by atoms with Gasteiger partial charge in [-0.15, -0.1) is 0 Å². The number of benzene rings is 3. The van der Waals surface area contributed by atoms with Crippen LogP contribution in [-0.2, 0) is 10.3 Å². The van der Waals surface area contributed by atoms with Gasteiger partial charge < -0.3 is 26.3 Å². The van der Waals surface area contributed by atoms with E-state index < -0.39 is 11.6 Å². The number of nitrogens with zero attached hydrogens (tertiary/aromatic N) is 3. The van der Waals surface area contributed by atoms with Gasteiger partial charge in [-0.3, -0.25) is 4.79 Å². The minimum absolute atomic E-state index is 0.283. The maximum atomic E-state index is 13.1. The van der Waals surface area contributed by atoms with E-state index in [1.165, 1.54) is 6.07 Å². The normalized spacial score (nSPS) is 14.2. The molecule has 1 spiro atoms. The van der Waals surface area contributed by atoms with E-state index in [1.807, 2.05) is 0 Å². The molecule has 2 heterocycles. The number of amides is 1. The van der Waals surface area contributed by atoms with Gasteiger partial charge in [-0.1, -0.05) is 11.2 Å². The van der Waals surface area contributed by atoms with Crippen molar-refractivity contribution in [1.29, 1.82) is 0 Å². The van der Waals surface area contributed by atoms with Crippen LogP contribution in [0.25, 0.3) is 10.4 Å². The van der Waals surface area contributed by atoms with Crippen LogP contribution in [0.2, 0.25) is 0 Å². The predicted molar refractivity (Wildman–Crippen MR) is 124 cm³/mol. The van der Waals surface area contributed by atoms with Crippen molar-refractivity contribution in [2.75, 3.05) is 24.6 Å². The summed E-state index contributed by atoms with van der Waals surface area (Å²) in [5.41, 5.74) is 22.5. The minimum Gasteiger partial charge on any atom is -0.456 e. The molecule has 0 saturated heterocycles. The molecule has 3 aromatic carbocycles. The van der Waals surface area contributed by atoms with Crippen LogP contribution < -0.4 is 21.5 Å². The third-order valence-electron chi connectivity index (χ3n) is 5.90. The van der Waals surface area contributed by atoms with Gasteiger partial charge >= 0.3 is 5.97 Å². The van der Waals surface area contributed by atoms with Crippen LogP contribution in [0.5, 0.6) is 11.5 Å². The number of carbonyl (C=O) groups is 2. The van der Waals surface area contributed by atoms with Crippen molar-refractivity contribution in [3.05, 3.63) is 92.9 Å². The van der Waals surface area contributed by atoms with Crippen molar-refractivity contribution in [2.24, 2.45) is 5.11 Å². The zero-order chi connectivity index (χ0) is 23.9. The van der Waals surface area contributed by atoms with E-state index in [4.69, 9.17) is 26.5 Å². The zero-order valence-corrected chi connectivity index (χ0v) is 17.9. The summed E-state index contributed by atoms with van der Waals surface area (Å²) in [7, 11) is 0. The van der Waals surface area contributed by atoms with Crippen LogP contribution in [0.1, 0.15) is 43.8 Å². The average molecular weight is 456 g/mol. The summed E-state index contributed by atoms with van der Waals surface area (Å²) in [6.07, 6.45) is 0.506. The Hall–Kier alpha value is -4.69. The Kier molecular flexibility index (Phi) is 4.99. The lowest BCUT2D eigenvalue weighted by atomic mass is 9.77. The van der Waals surface area contributed by atoms with Gasteiger partial charge in [-0.2, -0.15) is 0 Å². The molecule has 2 aliphatic rings. The molecule has 0 radical (unpaired) electrons. The van der Waals surface area contributed by atoms with Crippen molar-refractivity contribution in [3.8, 4) is 11.5 Å². The van der Waals surface area contributed by atoms with Crippen molar-refractivity contribution in [2.45, 2.75) is 12.0 Å². The zero-order valence-electron chi connectivity index (χ0n) is 17.9. The first-order valence-electron chi connectivity index (χ1n) is 10.6. The fourth-order valence-corrected chi connectivity index (χ4v) is 4.40. The fourth-order valence-electron chi connectivity index (χ4n) is 4.40. The Labute approximate surface area is 194 Å². The van der Waals surface area contributed by atoms with Gasteiger partial charge in [0, 0.05) is 63.8 Å². The second-order valence-corrected chi connectivity index (χ2v) is 8.01. The lowest BCUT2D eigenvalue weighted by Gasteiger charge is -2.36. The number of hydrogen-bond acceptors (Lipinski definition) is 7. The molecule has 10 heteroatoms. The number of nitrogens with two attached hydrogens (primary N) is 2. The molecule has 0 atom stereocenters. The lowest BCUT2D eigenvalue weighted by molar-refractivity contribution is 0.0224. The first-order valence-corrected chi connectivity index (χ1v) is 10.6. The monoisotopic (exact) mass is 456 g/mol. The number of nitrogens with one attached hydrogen (secondary N) is 1. The summed E-state index contributed by atoms with van der Waals surface area (Å²) in [4.78, 5) is 28.4. The molecule has 3 aromatic rings. The summed E-state index contributed by atoms with van der Waals surface area (Å²) in [5, 5.41) is 6.19. The molecule has 10 nitrogen and oxygen atoms in total. The van der Waals surface area contributed by atoms with Crippen molar-refractivity contribution in [1.82, 2.24) is 5.32 Å². The number of azide groups is 1. The quantitative estimate of drug-likeness (QED) is 0.132. The number of anilines is 2. The first kappa shape index (κ1) is 21.2. The van der Waals surface area contributed by atoms with E-state index in [2.05, 4.69) is 15.3 Å². The lowest BCUT2D eigenvalue weighted by Crippen LogP contribution is -2.33. The summed E-state index contributed by atoms with van der Waals surface area (Å²) >= 11 is 0. The molecule has 0 bridgehead atoms. The van der Waals surface area contributed by atoms with Gasteiger partial charge in [0.25, 0.3) is 5.91 Å². The van der Waals surface area contributed by atoms with Crippen molar-refractivity contribution >= 4 is 23.3 Å². The van der Waals surface area contributed by atoms with Crippen LogP contribution >= 0.6 is 0 Å². The molecule has 2 aliphatic heterocycles. The van der Waals surface area contributed by atoms with Gasteiger partial charge in [-0.05, 0) is 48.4 Å². The highest BCUT2D eigenvalue weighted by molar-refractivity contribution is 6.01. The Morgan fingerprint density at radius 3 is 2.29 bits per heavy atom. The largest absolute Gasteiger partial charge is 0.456 e. The Morgan fingerprint density at radius 1 is 1.00 bits per heavy atom. The Morgan fingerprint density at radius 2 is 1.65 bits per heavy atom. The van der Waals surface area contributed by atoms with E-state index in [0.29, 0.717) is 58.1 Å². The highest BCUT2D eigenvalue weighted by Crippen LogP contribution is 2.56. The van der Waals surface area contributed by atoms with Crippen molar-refractivity contribution < 1.29 is 19.1 Å². The van der Waals surface area contributed by atoms with Crippen LogP contribution in [-0.4, -0.2) is 25.0 Å². The maximum Gasteiger partial charge on any atom is 0.340 e. The fraction of sp³-hybridized carbons (Fsp3) is 0.167. The van der Waals surface area contributed by atoms with Crippen molar-refractivity contribution in [3.63, 3.8) is 0 Å². The number of esters is 1. The van der Waals surface area contributed by atoms with Gasteiger partial charge in [0.1, 0.15) is 11.5 Å². The highest BCUT2D eigenvalue weighted by atomic mass is 16.6. The summed E-state index contributed by atoms with van der Waals surface area (Å²) in [6, 6.07) is 15.2. The summed E-state index contributed by atoms with van der Waals surface area (Å²) in [5.74, 6) is 0.0208. The highest BCUT2D eigenvalue weighted by Gasteiger charge is 2.53. The average Bonchev–Trinajstić information content (AvgIpc) is 3.10. The van der Waals surface area contributed by atoms with E-state index in [0.717, 1.165) is 0 Å². The number of nitrogen functional groups attached to an aromatic ring is 2. The maximum absolute atomic E-state index is 13.1. The summed E-state index contributed by atoms with van der Waals surface area (Å²) < 4.78 is 12.1. The molecular formula is C24H20N6O4. The standard InChI is InChI=1S/C24H20N6O4/c25-14-3-6-18-20(11-14)33-21-12-15(26)4-7-19(21)24(18)17-5-2-13(10-16(17)23(32)34-24)22(31)28-8-1-9-29-30-27/h2-7,10-12H,1,8-9,25-26H2,(H,28,31). The number of ether oxygens (including phenoxy) is 2. The molecule has 170 valence electrons. The molecular weight excluding hydrogens is 436 g/mol. The van der Waals surface area contributed by atoms with E-state index in [-0.39, 0.29) is 18.0 Å². The Balaban J connectivity index is 1.58. The smallest absolute Gasteiger partial charge is 0.340 e. The molecule has 0 aliphatic carbocycles. The molecule has 0 fully saturated rings. The third-order valence-corrected chi connectivity index (χ3v) is 5.90. The molecule has 5 rings (SSSR count). The number of hydrogen-bond donors (Lipinski definition) is 3. The molecule has 0 aromatic heterocycles. The number of rotatable bonds is 5. The van der Waals surface area contributed by atoms with Crippen LogP contribution in [0.4, 0.5) is 11.4 Å². The minimum atomic E-state index is -1.26. The van der Waals surface area contributed by atoms with Crippen LogP contribution in [0, 0.1) is 0 Å². The third kappa shape index (κ3) is 3.25. The molecule has 1 amide bonds. The van der Waals surface area contributed by atoms with Gasteiger partial charge in [-0.25, -0.2) is 4.79 Å². The van der Waals surface area contributed by atoms with E-state index in [1.54, 1.807) is 48.5 Å². The SMILES string of the molecule is [N-]=[N+]=NCCCNC(=O)c1ccc2c(c1)C(=O)OC21c2ccc(N)cc2Oc2cc(N)ccc21. The second kappa shape index (κ2) is 8.02. The van der Waals surface area contributed by atoms with Crippen LogP contribution in [0.3, 0.4) is 0 Å². The van der Waals surface area contributed by atoms with Crippen LogP contribution in [0.15, 0.2) is 59.7 Å². The number of carbonyl (C=O) groups excluding carboxylic acids is 2. The molecule has 34 heavy (non-hydrogen) atoms. The summed E-state index contributed by atoms with van der Waals surface area (Å²) in [6.45, 7) is 0.621. The van der Waals surface area contributed by atoms with Gasteiger partial charge in [0.2, 0.25) is 0 Å². The molecule has 5 N–H and O–H groups in total. The topological polar surface area (TPSA) is 165 Å². The van der Waals surface area contributed by atoms with Gasteiger partial charge in [0.05, 0.1) is 5.56 Å². The van der Waals surface area contributed by atoms with Gasteiger partial charge in [0.15, 0.2) is 5.60 Å². The van der Waals surface area contributed by atoms with E-state index >= 15 is 0 Å². The van der Waals surface area contributed by atoms with E-state index in [9.17, 15) is 9.59 Å². The Bertz CT molecular complexity index is 1340.